The minimum Gasteiger partial charge on any atom is -0.350 e. The van der Waals surface area contributed by atoms with Crippen LogP contribution in [0.25, 0.3) is 0 Å². The van der Waals surface area contributed by atoms with E-state index in [1.807, 2.05) is 13.8 Å². The van der Waals surface area contributed by atoms with E-state index in [-0.39, 0.29) is 40.9 Å². The topological polar surface area (TPSA) is 101 Å². The Labute approximate surface area is 155 Å². The summed E-state index contributed by atoms with van der Waals surface area (Å²) in [6.45, 7) is 3.64. The molecule has 0 saturated carbocycles. The number of nitrogens with zero attached hydrogens (tertiary/aromatic N) is 1. The summed E-state index contributed by atoms with van der Waals surface area (Å²) < 4.78 is 0. The zero-order chi connectivity index (χ0) is 19.3. The number of nitrogens with one attached hydrogen (secondary N) is 2. The summed E-state index contributed by atoms with van der Waals surface area (Å²) in [6.07, 6.45) is -0.199. The number of nitro benzene ring substituents is 1. The van der Waals surface area contributed by atoms with Gasteiger partial charge in [-0.2, -0.15) is 0 Å². The predicted molar refractivity (Wildman–Crippen MR) is 99.5 cm³/mol. The molecule has 26 heavy (non-hydrogen) atoms. The second-order valence-corrected chi connectivity index (χ2v) is 6.37. The molecule has 0 aliphatic heterocycles. The maximum atomic E-state index is 12.4. The van der Waals surface area contributed by atoms with E-state index in [9.17, 15) is 19.7 Å². The number of rotatable bonds is 6. The lowest BCUT2D eigenvalue weighted by molar-refractivity contribution is -0.385. The lowest BCUT2D eigenvalue weighted by atomic mass is 10.1. The fraction of sp³-hybridized carbons (Fsp3) is 0.222. The van der Waals surface area contributed by atoms with Gasteiger partial charge >= 0.3 is 0 Å². The first-order valence-corrected chi connectivity index (χ1v) is 8.28. The minimum atomic E-state index is -0.538. The van der Waals surface area contributed by atoms with Gasteiger partial charge in [0, 0.05) is 22.7 Å². The Kier molecular flexibility index (Phi) is 6.30. The van der Waals surface area contributed by atoms with Crippen molar-refractivity contribution < 1.29 is 14.5 Å². The van der Waals surface area contributed by atoms with Crippen molar-refractivity contribution in [3.8, 4) is 0 Å². The number of carbonyl (C=O) groups is 2. The van der Waals surface area contributed by atoms with E-state index >= 15 is 0 Å². The Hall–Kier alpha value is -2.93. The van der Waals surface area contributed by atoms with Gasteiger partial charge in [0.1, 0.15) is 0 Å². The van der Waals surface area contributed by atoms with E-state index in [4.69, 9.17) is 11.6 Å². The third-order valence-corrected chi connectivity index (χ3v) is 3.69. The van der Waals surface area contributed by atoms with Crippen LogP contribution in [0.15, 0.2) is 42.5 Å². The molecule has 2 aromatic carbocycles. The van der Waals surface area contributed by atoms with E-state index in [0.717, 1.165) is 0 Å². The van der Waals surface area contributed by atoms with Crippen LogP contribution in [0.4, 0.5) is 11.4 Å². The molecule has 2 rings (SSSR count). The number of halogens is 1. The molecule has 7 nitrogen and oxygen atoms in total. The Morgan fingerprint density at radius 1 is 1.19 bits per heavy atom. The van der Waals surface area contributed by atoms with E-state index in [2.05, 4.69) is 10.6 Å². The number of carbonyl (C=O) groups excluding carboxylic acids is 2. The highest BCUT2D eigenvalue weighted by Crippen LogP contribution is 2.23. The third-order valence-electron chi connectivity index (χ3n) is 3.46. The van der Waals surface area contributed by atoms with Crippen molar-refractivity contribution in [1.29, 1.82) is 0 Å². The number of hydrogen-bond donors (Lipinski definition) is 2. The van der Waals surface area contributed by atoms with Crippen LogP contribution >= 0.6 is 11.6 Å². The Balaban J connectivity index is 2.23. The molecule has 0 spiro atoms. The van der Waals surface area contributed by atoms with Crippen LogP contribution in [0, 0.1) is 10.1 Å². The number of anilines is 1. The van der Waals surface area contributed by atoms with E-state index in [0.29, 0.717) is 5.02 Å². The molecule has 0 aromatic heterocycles. The molecule has 2 N–H and O–H groups in total. The van der Waals surface area contributed by atoms with Crippen molar-refractivity contribution in [3.63, 3.8) is 0 Å². The zero-order valence-corrected chi connectivity index (χ0v) is 15.0. The van der Waals surface area contributed by atoms with Crippen molar-refractivity contribution in [1.82, 2.24) is 5.32 Å². The summed E-state index contributed by atoms with van der Waals surface area (Å²) in [6, 6.07) is 10.5. The first-order valence-electron chi connectivity index (χ1n) is 7.90. The molecule has 0 unspecified atom stereocenters. The Morgan fingerprint density at radius 3 is 2.54 bits per heavy atom. The summed E-state index contributed by atoms with van der Waals surface area (Å²) in [5.74, 6) is -0.835. The maximum absolute atomic E-state index is 12.4. The molecule has 0 saturated heterocycles. The highest BCUT2D eigenvalue weighted by molar-refractivity contribution is 6.31. The quantitative estimate of drug-likeness (QED) is 0.595. The predicted octanol–water partition coefficient (Wildman–Crippen LogP) is 3.57. The van der Waals surface area contributed by atoms with Gasteiger partial charge in [-0.15, -0.1) is 0 Å². The molecular formula is C18H18ClN3O4. The van der Waals surface area contributed by atoms with Crippen molar-refractivity contribution in [2.24, 2.45) is 0 Å². The smallest absolute Gasteiger partial charge is 0.273 e. The summed E-state index contributed by atoms with van der Waals surface area (Å²) in [4.78, 5) is 35.1. The SMILES string of the molecule is CC(C)NC(=O)c1ccc(Cl)cc1NC(=O)Cc1ccccc1[N+](=O)[O-]. The molecule has 2 aromatic rings. The highest BCUT2D eigenvalue weighted by atomic mass is 35.5. The molecule has 0 atom stereocenters. The number of hydrogen-bond acceptors (Lipinski definition) is 4. The average Bonchev–Trinajstić information content (AvgIpc) is 2.54. The van der Waals surface area contributed by atoms with Crippen molar-refractivity contribution in [2.45, 2.75) is 26.3 Å². The van der Waals surface area contributed by atoms with Gasteiger partial charge in [0.25, 0.3) is 11.6 Å². The van der Waals surface area contributed by atoms with Crippen LogP contribution in [0.2, 0.25) is 5.02 Å². The number of amides is 2. The molecule has 2 amide bonds. The Bertz CT molecular complexity index is 852. The van der Waals surface area contributed by atoms with Gasteiger partial charge < -0.3 is 10.6 Å². The summed E-state index contributed by atoms with van der Waals surface area (Å²) >= 11 is 5.97. The summed E-state index contributed by atoms with van der Waals surface area (Å²) in [7, 11) is 0. The van der Waals surface area contributed by atoms with Crippen LogP contribution < -0.4 is 10.6 Å². The largest absolute Gasteiger partial charge is 0.350 e. The van der Waals surface area contributed by atoms with Crippen LogP contribution in [-0.4, -0.2) is 22.8 Å². The molecule has 0 aliphatic carbocycles. The van der Waals surface area contributed by atoms with Crippen molar-refractivity contribution in [2.75, 3.05) is 5.32 Å². The van der Waals surface area contributed by atoms with E-state index in [1.165, 1.54) is 30.3 Å². The van der Waals surface area contributed by atoms with E-state index < -0.39 is 10.8 Å². The maximum Gasteiger partial charge on any atom is 0.273 e. The van der Waals surface area contributed by atoms with Crippen LogP contribution in [-0.2, 0) is 11.2 Å². The molecule has 136 valence electrons. The highest BCUT2D eigenvalue weighted by Gasteiger charge is 2.18. The standard InChI is InChI=1S/C18H18ClN3O4/c1-11(2)20-18(24)14-8-7-13(19)10-15(14)21-17(23)9-12-5-3-4-6-16(12)22(25)26/h3-8,10-11H,9H2,1-2H3,(H,20,24)(H,21,23). The summed E-state index contributed by atoms with van der Waals surface area (Å²) in [5.41, 5.74) is 0.662. The van der Waals surface area contributed by atoms with Crippen LogP contribution in [0.5, 0.6) is 0 Å². The van der Waals surface area contributed by atoms with Gasteiger partial charge in [0.05, 0.1) is 22.6 Å². The Morgan fingerprint density at radius 2 is 1.88 bits per heavy atom. The minimum absolute atomic E-state index is 0.0753. The van der Waals surface area contributed by atoms with Gasteiger partial charge in [0.2, 0.25) is 5.91 Å². The van der Waals surface area contributed by atoms with Crippen LogP contribution in [0.3, 0.4) is 0 Å². The fourth-order valence-electron chi connectivity index (χ4n) is 2.36. The van der Waals surface area contributed by atoms with Crippen molar-refractivity contribution >= 4 is 34.8 Å². The molecule has 0 fully saturated rings. The first-order chi connectivity index (χ1) is 12.3. The molecular weight excluding hydrogens is 358 g/mol. The molecule has 0 heterocycles. The monoisotopic (exact) mass is 375 g/mol. The summed E-state index contributed by atoms with van der Waals surface area (Å²) in [5, 5.41) is 16.8. The molecule has 0 radical (unpaired) electrons. The van der Waals surface area contributed by atoms with E-state index in [1.54, 1.807) is 12.1 Å². The average molecular weight is 376 g/mol. The number of para-hydroxylation sites is 1. The second kappa shape index (κ2) is 8.44. The molecule has 0 bridgehead atoms. The van der Waals surface area contributed by atoms with Gasteiger partial charge in [-0.3, -0.25) is 19.7 Å². The van der Waals surface area contributed by atoms with Crippen molar-refractivity contribution in [3.05, 3.63) is 68.7 Å². The normalized spacial score (nSPS) is 10.5. The number of benzene rings is 2. The lowest BCUT2D eigenvalue weighted by Gasteiger charge is -2.13. The second-order valence-electron chi connectivity index (χ2n) is 5.93. The van der Waals surface area contributed by atoms with Gasteiger partial charge in [-0.25, -0.2) is 0 Å². The number of nitro groups is 1. The van der Waals surface area contributed by atoms with Crippen LogP contribution in [0.1, 0.15) is 29.8 Å². The fourth-order valence-corrected chi connectivity index (χ4v) is 2.54. The molecule has 8 heteroatoms. The lowest BCUT2D eigenvalue weighted by Crippen LogP contribution is -2.31. The zero-order valence-electron chi connectivity index (χ0n) is 14.3. The molecule has 0 aliphatic rings. The van der Waals surface area contributed by atoms with Gasteiger partial charge in [-0.05, 0) is 32.0 Å². The van der Waals surface area contributed by atoms with Gasteiger partial charge in [-0.1, -0.05) is 29.8 Å². The first kappa shape index (κ1) is 19.4. The third kappa shape index (κ3) is 5.03. The van der Waals surface area contributed by atoms with Gasteiger partial charge in [0.15, 0.2) is 0 Å².